The lowest BCUT2D eigenvalue weighted by atomic mass is 10.3. The standard InChI is InChI=1S/C9H13N3S/c1-7-5-13-6-8(7)12-9-10-3-2-4-11-9/h5-6H,2-4H2,1H3,(H2,10,11,12). The molecule has 3 nitrogen and oxygen atoms in total. The van der Waals surface area contributed by atoms with Crippen molar-refractivity contribution in [3.8, 4) is 0 Å². The quantitative estimate of drug-likeness (QED) is 0.717. The zero-order valence-electron chi connectivity index (χ0n) is 7.63. The average molecular weight is 195 g/mol. The Morgan fingerprint density at radius 1 is 1.54 bits per heavy atom. The van der Waals surface area contributed by atoms with Crippen LogP contribution in [-0.2, 0) is 0 Å². The van der Waals surface area contributed by atoms with E-state index in [0.29, 0.717) is 0 Å². The molecule has 0 unspecified atom stereocenters. The first-order valence-corrected chi connectivity index (χ1v) is 5.38. The van der Waals surface area contributed by atoms with E-state index in [9.17, 15) is 0 Å². The number of guanidine groups is 1. The number of rotatable bonds is 1. The van der Waals surface area contributed by atoms with Crippen LogP contribution in [0.4, 0.5) is 5.69 Å². The second kappa shape index (κ2) is 3.79. The number of thiophene rings is 1. The molecular formula is C9H13N3S. The third-order valence-electron chi connectivity index (χ3n) is 2.01. The van der Waals surface area contributed by atoms with Crippen LogP contribution in [0.15, 0.2) is 15.8 Å². The summed E-state index contributed by atoms with van der Waals surface area (Å²) in [6.07, 6.45) is 1.13. The summed E-state index contributed by atoms with van der Waals surface area (Å²) >= 11 is 1.71. The molecule has 2 rings (SSSR count). The van der Waals surface area contributed by atoms with E-state index >= 15 is 0 Å². The Morgan fingerprint density at radius 2 is 2.46 bits per heavy atom. The van der Waals surface area contributed by atoms with Crippen LogP contribution in [0.3, 0.4) is 0 Å². The van der Waals surface area contributed by atoms with E-state index < -0.39 is 0 Å². The molecule has 1 aliphatic rings. The molecule has 0 radical (unpaired) electrons. The normalized spacial score (nSPS) is 16.2. The van der Waals surface area contributed by atoms with Gasteiger partial charge in [0.15, 0.2) is 5.96 Å². The minimum Gasteiger partial charge on any atom is -0.356 e. The molecule has 0 atom stereocenters. The Balaban J connectivity index is 2.05. The van der Waals surface area contributed by atoms with E-state index in [0.717, 1.165) is 31.2 Å². The highest BCUT2D eigenvalue weighted by Crippen LogP contribution is 2.19. The van der Waals surface area contributed by atoms with E-state index in [1.54, 1.807) is 11.3 Å². The molecule has 2 heterocycles. The largest absolute Gasteiger partial charge is 0.356 e. The molecule has 0 aromatic carbocycles. The molecule has 2 N–H and O–H groups in total. The van der Waals surface area contributed by atoms with Gasteiger partial charge >= 0.3 is 0 Å². The molecule has 0 saturated carbocycles. The first-order valence-electron chi connectivity index (χ1n) is 4.44. The van der Waals surface area contributed by atoms with Crippen molar-refractivity contribution in [2.75, 3.05) is 18.4 Å². The maximum Gasteiger partial charge on any atom is 0.195 e. The van der Waals surface area contributed by atoms with E-state index in [4.69, 9.17) is 0 Å². The Morgan fingerprint density at radius 3 is 3.08 bits per heavy atom. The summed E-state index contributed by atoms with van der Waals surface area (Å²) in [5.74, 6) is 0.910. The zero-order valence-corrected chi connectivity index (χ0v) is 8.45. The molecule has 0 fully saturated rings. The van der Waals surface area contributed by atoms with Crippen molar-refractivity contribution < 1.29 is 0 Å². The fourth-order valence-electron chi connectivity index (χ4n) is 1.23. The molecule has 70 valence electrons. The number of nitrogens with one attached hydrogen (secondary N) is 2. The third-order valence-corrected chi connectivity index (χ3v) is 2.87. The van der Waals surface area contributed by atoms with Gasteiger partial charge in [-0.3, -0.25) is 4.99 Å². The van der Waals surface area contributed by atoms with Crippen molar-refractivity contribution in [3.63, 3.8) is 0 Å². The molecule has 0 aliphatic carbocycles. The second-order valence-electron chi connectivity index (χ2n) is 3.10. The lowest BCUT2D eigenvalue weighted by Gasteiger charge is -2.15. The number of anilines is 1. The number of aryl methyl sites for hydroxylation is 1. The summed E-state index contributed by atoms with van der Waals surface area (Å²) in [4.78, 5) is 4.34. The van der Waals surface area contributed by atoms with E-state index in [1.807, 2.05) is 0 Å². The second-order valence-corrected chi connectivity index (χ2v) is 3.85. The summed E-state index contributed by atoms with van der Waals surface area (Å²) in [6, 6.07) is 0. The van der Waals surface area contributed by atoms with Crippen LogP contribution in [0.1, 0.15) is 12.0 Å². The highest BCUT2D eigenvalue weighted by atomic mass is 32.1. The Labute approximate surface area is 81.9 Å². The van der Waals surface area contributed by atoms with Crippen LogP contribution >= 0.6 is 11.3 Å². The lowest BCUT2D eigenvalue weighted by Crippen LogP contribution is -2.35. The van der Waals surface area contributed by atoms with Crippen LogP contribution in [0.25, 0.3) is 0 Å². The molecule has 0 spiro atoms. The minimum atomic E-state index is 0.910. The molecule has 0 saturated heterocycles. The smallest absolute Gasteiger partial charge is 0.195 e. The van der Waals surface area contributed by atoms with Gasteiger partial charge in [0, 0.05) is 18.5 Å². The Bertz CT molecular complexity index is 316. The van der Waals surface area contributed by atoms with Crippen molar-refractivity contribution >= 4 is 23.0 Å². The van der Waals surface area contributed by atoms with Gasteiger partial charge < -0.3 is 10.6 Å². The molecule has 0 bridgehead atoms. The molecule has 13 heavy (non-hydrogen) atoms. The van der Waals surface area contributed by atoms with Gasteiger partial charge in [0.1, 0.15) is 0 Å². The van der Waals surface area contributed by atoms with Gasteiger partial charge in [-0.2, -0.15) is 0 Å². The summed E-state index contributed by atoms with van der Waals surface area (Å²) < 4.78 is 0. The van der Waals surface area contributed by atoms with E-state index in [-0.39, 0.29) is 0 Å². The number of nitrogens with zero attached hydrogens (tertiary/aromatic N) is 1. The van der Waals surface area contributed by atoms with Gasteiger partial charge in [0.25, 0.3) is 0 Å². The molecule has 0 amide bonds. The lowest BCUT2D eigenvalue weighted by molar-refractivity contribution is 0.740. The minimum absolute atomic E-state index is 0.910. The van der Waals surface area contributed by atoms with Crippen LogP contribution in [0.2, 0.25) is 0 Å². The maximum absolute atomic E-state index is 4.34. The topological polar surface area (TPSA) is 36.4 Å². The number of hydrogen-bond donors (Lipinski definition) is 2. The van der Waals surface area contributed by atoms with Gasteiger partial charge in [-0.25, -0.2) is 0 Å². The van der Waals surface area contributed by atoms with Gasteiger partial charge in [0.05, 0.1) is 5.69 Å². The van der Waals surface area contributed by atoms with Crippen molar-refractivity contribution in [2.45, 2.75) is 13.3 Å². The summed E-state index contributed by atoms with van der Waals surface area (Å²) in [6.45, 7) is 4.05. The third kappa shape index (κ3) is 2.01. The predicted octanol–water partition coefficient (Wildman–Crippen LogP) is 1.82. The van der Waals surface area contributed by atoms with Gasteiger partial charge in [-0.1, -0.05) is 0 Å². The summed E-state index contributed by atoms with van der Waals surface area (Å²) in [5.41, 5.74) is 2.44. The highest BCUT2D eigenvalue weighted by Gasteiger charge is 2.05. The average Bonchev–Trinajstić information content (AvgIpc) is 2.54. The fourth-order valence-corrected chi connectivity index (χ4v) is 2.01. The maximum atomic E-state index is 4.34. The van der Waals surface area contributed by atoms with Gasteiger partial charge in [-0.15, -0.1) is 11.3 Å². The number of hydrogen-bond acceptors (Lipinski definition) is 4. The van der Waals surface area contributed by atoms with E-state index in [2.05, 4.69) is 33.3 Å². The van der Waals surface area contributed by atoms with Crippen molar-refractivity contribution in [1.29, 1.82) is 0 Å². The van der Waals surface area contributed by atoms with Crippen molar-refractivity contribution in [3.05, 3.63) is 16.3 Å². The van der Waals surface area contributed by atoms with Crippen LogP contribution in [-0.4, -0.2) is 19.0 Å². The Hall–Kier alpha value is -1.03. The first kappa shape index (κ1) is 8.56. The monoisotopic (exact) mass is 195 g/mol. The van der Waals surface area contributed by atoms with Gasteiger partial charge in [-0.05, 0) is 24.3 Å². The molecular weight excluding hydrogens is 182 g/mol. The van der Waals surface area contributed by atoms with Crippen LogP contribution in [0, 0.1) is 6.92 Å². The molecule has 1 aliphatic heterocycles. The zero-order chi connectivity index (χ0) is 9.10. The van der Waals surface area contributed by atoms with Gasteiger partial charge in [0.2, 0.25) is 0 Å². The first-order chi connectivity index (χ1) is 6.36. The van der Waals surface area contributed by atoms with Crippen LogP contribution < -0.4 is 10.6 Å². The molecule has 1 aromatic heterocycles. The van der Waals surface area contributed by atoms with Crippen molar-refractivity contribution in [1.82, 2.24) is 5.32 Å². The summed E-state index contributed by atoms with van der Waals surface area (Å²) in [5, 5.41) is 10.7. The SMILES string of the molecule is Cc1cscc1NC1=NCCCN1. The summed E-state index contributed by atoms with van der Waals surface area (Å²) in [7, 11) is 0. The molecule has 1 aromatic rings. The van der Waals surface area contributed by atoms with Crippen molar-refractivity contribution in [2.24, 2.45) is 4.99 Å². The Kier molecular flexibility index (Phi) is 2.49. The highest BCUT2D eigenvalue weighted by molar-refractivity contribution is 7.08. The number of aliphatic imine (C=N–C) groups is 1. The predicted molar refractivity (Wildman–Crippen MR) is 57.6 cm³/mol. The van der Waals surface area contributed by atoms with E-state index in [1.165, 1.54) is 5.56 Å². The molecule has 4 heteroatoms. The fraction of sp³-hybridized carbons (Fsp3) is 0.444. The van der Waals surface area contributed by atoms with Crippen LogP contribution in [0.5, 0.6) is 0 Å².